The van der Waals surface area contributed by atoms with E-state index in [9.17, 15) is 13.2 Å². The summed E-state index contributed by atoms with van der Waals surface area (Å²) in [6.07, 6.45) is 1.19. The van der Waals surface area contributed by atoms with Gasteiger partial charge in [-0.1, -0.05) is 18.5 Å². The van der Waals surface area contributed by atoms with Gasteiger partial charge in [0.15, 0.2) is 0 Å². The second-order valence-electron chi connectivity index (χ2n) is 4.12. The van der Waals surface area contributed by atoms with E-state index in [-0.39, 0.29) is 22.5 Å². The monoisotopic (exact) mass is 305 g/mol. The van der Waals surface area contributed by atoms with E-state index in [1.54, 1.807) is 6.92 Å². The van der Waals surface area contributed by atoms with Crippen LogP contribution in [0.3, 0.4) is 0 Å². The van der Waals surface area contributed by atoms with Gasteiger partial charge in [0.1, 0.15) is 10.0 Å². The molecule has 0 radical (unpaired) electrons. The summed E-state index contributed by atoms with van der Waals surface area (Å²) in [4.78, 5) is 15.2. The molecule has 0 aliphatic carbocycles. The Bertz CT molecular complexity index is 545. The number of nitrogens with one attached hydrogen (secondary N) is 1. The summed E-state index contributed by atoms with van der Waals surface area (Å²) < 4.78 is 25.5. The number of rotatable bonds is 5. The van der Waals surface area contributed by atoms with Gasteiger partial charge in [0.25, 0.3) is 0 Å². The predicted molar refractivity (Wildman–Crippen MR) is 72.3 cm³/mol. The number of nitrogens with zero attached hydrogens (tertiary/aromatic N) is 2. The standard InChI is InChI=1S/C11H16ClN3O3S/c1-8(11(16)13-2)7-15(3)19(17,18)9-4-5-10(12)14-6-9/h4-6,8H,7H2,1-3H3,(H,13,16). The average molecular weight is 306 g/mol. The molecule has 8 heteroatoms. The lowest BCUT2D eigenvalue weighted by Crippen LogP contribution is -2.37. The first kappa shape index (κ1) is 15.9. The third-order valence-electron chi connectivity index (χ3n) is 2.63. The van der Waals surface area contributed by atoms with Crippen LogP contribution in [0.4, 0.5) is 0 Å². The average Bonchev–Trinajstić information content (AvgIpc) is 2.38. The van der Waals surface area contributed by atoms with Crippen molar-refractivity contribution in [3.8, 4) is 0 Å². The fourth-order valence-corrected chi connectivity index (χ4v) is 2.83. The molecule has 1 aromatic rings. The zero-order valence-corrected chi connectivity index (χ0v) is 12.5. The van der Waals surface area contributed by atoms with E-state index in [0.717, 1.165) is 4.31 Å². The molecule has 0 bridgehead atoms. The van der Waals surface area contributed by atoms with Crippen molar-refractivity contribution in [2.75, 3.05) is 20.6 Å². The number of amides is 1. The molecule has 0 aromatic carbocycles. The minimum atomic E-state index is -3.66. The van der Waals surface area contributed by atoms with Gasteiger partial charge in [-0.05, 0) is 12.1 Å². The van der Waals surface area contributed by atoms with Gasteiger partial charge in [0.2, 0.25) is 15.9 Å². The van der Waals surface area contributed by atoms with Crippen molar-refractivity contribution < 1.29 is 13.2 Å². The van der Waals surface area contributed by atoms with Gasteiger partial charge in [-0.2, -0.15) is 0 Å². The van der Waals surface area contributed by atoms with Crippen molar-refractivity contribution in [1.82, 2.24) is 14.6 Å². The van der Waals surface area contributed by atoms with Crippen LogP contribution < -0.4 is 5.32 Å². The molecule has 0 saturated heterocycles. The molecule has 1 heterocycles. The molecular weight excluding hydrogens is 290 g/mol. The summed E-state index contributed by atoms with van der Waals surface area (Å²) in [6, 6.07) is 2.79. The van der Waals surface area contributed by atoms with E-state index in [0.29, 0.717) is 0 Å². The Kier molecular flexibility index (Phi) is 5.28. The van der Waals surface area contributed by atoms with Crippen molar-refractivity contribution in [3.63, 3.8) is 0 Å². The Morgan fingerprint density at radius 3 is 2.63 bits per heavy atom. The lowest BCUT2D eigenvalue weighted by atomic mass is 10.2. The number of carbonyl (C=O) groups excluding carboxylic acids is 1. The second-order valence-corrected chi connectivity index (χ2v) is 6.55. The largest absolute Gasteiger partial charge is 0.359 e. The first-order valence-electron chi connectivity index (χ1n) is 5.58. The molecule has 0 spiro atoms. The van der Waals surface area contributed by atoms with Crippen LogP contribution in [0, 0.1) is 5.92 Å². The molecule has 0 fully saturated rings. The highest BCUT2D eigenvalue weighted by Gasteiger charge is 2.24. The molecule has 106 valence electrons. The number of aromatic nitrogens is 1. The summed E-state index contributed by atoms with van der Waals surface area (Å²) in [6.45, 7) is 1.75. The Morgan fingerprint density at radius 1 is 1.53 bits per heavy atom. The third-order valence-corrected chi connectivity index (χ3v) is 4.66. The summed E-state index contributed by atoms with van der Waals surface area (Å²) in [5.41, 5.74) is 0. The van der Waals surface area contributed by atoms with E-state index in [1.807, 2.05) is 0 Å². The normalized spacial score (nSPS) is 13.3. The Balaban J connectivity index is 2.88. The molecule has 6 nitrogen and oxygen atoms in total. The van der Waals surface area contributed by atoms with Gasteiger partial charge in [-0.3, -0.25) is 4.79 Å². The van der Waals surface area contributed by atoms with Crippen LogP contribution in [0.25, 0.3) is 0 Å². The second kappa shape index (κ2) is 6.31. The zero-order valence-electron chi connectivity index (χ0n) is 10.9. The minimum absolute atomic E-state index is 0.0449. The summed E-state index contributed by atoms with van der Waals surface area (Å²) in [5.74, 6) is -0.652. The maximum Gasteiger partial charge on any atom is 0.244 e. The van der Waals surface area contributed by atoms with E-state index in [1.165, 1.54) is 32.4 Å². The fourth-order valence-electron chi connectivity index (χ4n) is 1.51. The van der Waals surface area contributed by atoms with E-state index in [4.69, 9.17) is 11.6 Å². The number of pyridine rings is 1. The van der Waals surface area contributed by atoms with Crippen molar-refractivity contribution in [2.45, 2.75) is 11.8 Å². The van der Waals surface area contributed by atoms with E-state index in [2.05, 4.69) is 10.3 Å². The summed E-state index contributed by atoms with van der Waals surface area (Å²) in [7, 11) is -0.730. The Labute approximate surface area is 117 Å². The molecule has 1 N–H and O–H groups in total. The van der Waals surface area contributed by atoms with E-state index >= 15 is 0 Å². The first-order chi connectivity index (χ1) is 8.78. The van der Waals surface area contributed by atoms with Gasteiger partial charge >= 0.3 is 0 Å². The lowest BCUT2D eigenvalue weighted by Gasteiger charge is -2.20. The highest BCUT2D eigenvalue weighted by Crippen LogP contribution is 2.16. The van der Waals surface area contributed by atoms with Crippen LogP contribution in [-0.4, -0.2) is 44.3 Å². The quantitative estimate of drug-likeness (QED) is 0.814. The maximum absolute atomic E-state index is 12.2. The number of carbonyl (C=O) groups is 1. The number of sulfonamides is 1. The van der Waals surface area contributed by atoms with Crippen molar-refractivity contribution in [1.29, 1.82) is 0 Å². The van der Waals surface area contributed by atoms with Gasteiger partial charge in [-0.25, -0.2) is 17.7 Å². The van der Waals surface area contributed by atoms with Crippen LogP contribution in [0.1, 0.15) is 6.92 Å². The van der Waals surface area contributed by atoms with Crippen molar-refractivity contribution >= 4 is 27.5 Å². The lowest BCUT2D eigenvalue weighted by molar-refractivity contribution is -0.124. The van der Waals surface area contributed by atoms with Crippen LogP contribution in [0.5, 0.6) is 0 Å². The van der Waals surface area contributed by atoms with Crippen molar-refractivity contribution in [3.05, 3.63) is 23.5 Å². The van der Waals surface area contributed by atoms with Crippen LogP contribution in [0.15, 0.2) is 23.2 Å². The number of hydrogen-bond acceptors (Lipinski definition) is 4. The van der Waals surface area contributed by atoms with Gasteiger partial charge in [0, 0.05) is 32.8 Å². The van der Waals surface area contributed by atoms with Gasteiger partial charge in [0.05, 0.1) is 0 Å². The molecule has 0 saturated carbocycles. The number of hydrogen-bond donors (Lipinski definition) is 1. The number of halogens is 1. The topological polar surface area (TPSA) is 79.4 Å². The van der Waals surface area contributed by atoms with Crippen LogP contribution in [-0.2, 0) is 14.8 Å². The molecule has 1 rings (SSSR count). The molecule has 1 aromatic heterocycles. The van der Waals surface area contributed by atoms with E-state index < -0.39 is 15.9 Å². The first-order valence-corrected chi connectivity index (χ1v) is 7.40. The third kappa shape index (κ3) is 3.89. The predicted octanol–water partition coefficient (Wildman–Crippen LogP) is 0.738. The molecule has 1 amide bonds. The zero-order chi connectivity index (χ0) is 14.6. The van der Waals surface area contributed by atoms with Crippen LogP contribution >= 0.6 is 11.6 Å². The summed E-state index contributed by atoms with van der Waals surface area (Å²) in [5, 5.41) is 2.70. The molecule has 19 heavy (non-hydrogen) atoms. The molecule has 1 unspecified atom stereocenters. The molecule has 1 atom stereocenters. The van der Waals surface area contributed by atoms with Gasteiger partial charge < -0.3 is 5.32 Å². The fraction of sp³-hybridized carbons (Fsp3) is 0.455. The van der Waals surface area contributed by atoms with Crippen LogP contribution in [0.2, 0.25) is 5.15 Å². The molecular formula is C11H16ClN3O3S. The Hall–Kier alpha value is -1.18. The van der Waals surface area contributed by atoms with Gasteiger partial charge in [-0.15, -0.1) is 0 Å². The SMILES string of the molecule is CNC(=O)C(C)CN(C)S(=O)(=O)c1ccc(Cl)nc1. The Morgan fingerprint density at radius 2 is 2.16 bits per heavy atom. The highest BCUT2D eigenvalue weighted by atomic mass is 35.5. The minimum Gasteiger partial charge on any atom is -0.359 e. The molecule has 0 aliphatic rings. The smallest absolute Gasteiger partial charge is 0.244 e. The highest BCUT2D eigenvalue weighted by molar-refractivity contribution is 7.89. The molecule has 0 aliphatic heterocycles. The maximum atomic E-state index is 12.2. The van der Waals surface area contributed by atoms with Crippen molar-refractivity contribution in [2.24, 2.45) is 5.92 Å². The summed E-state index contributed by atoms with van der Waals surface area (Å²) >= 11 is 5.61.